The van der Waals surface area contributed by atoms with Crippen LogP contribution >= 0.6 is 0 Å². The molecule has 0 saturated heterocycles. The lowest BCUT2D eigenvalue weighted by Crippen LogP contribution is -2.35. The number of anilines is 1. The molecule has 0 aliphatic rings. The van der Waals surface area contributed by atoms with Gasteiger partial charge in [0.2, 0.25) is 5.91 Å². The average molecular weight is 314 g/mol. The van der Waals surface area contributed by atoms with Gasteiger partial charge < -0.3 is 10.2 Å². The summed E-state index contributed by atoms with van der Waals surface area (Å²) in [6, 6.07) is 11.4. The number of hydrogen-bond donors (Lipinski definition) is 1. The highest BCUT2D eigenvalue weighted by Crippen LogP contribution is 2.19. The van der Waals surface area contributed by atoms with Crippen LogP contribution in [0.4, 0.5) is 10.1 Å². The third-order valence-corrected chi connectivity index (χ3v) is 3.58. The normalized spacial score (nSPS) is 10.3. The summed E-state index contributed by atoms with van der Waals surface area (Å²) < 4.78 is 13.6. The molecule has 0 radical (unpaired) electrons. The van der Waals surface area contributed by atoms with Crippen molar-refractivity contribution in [3.05, 3.63) is 65.0 Å². The zero-order valence-electron chi connectivity index (χ0n) is 13.4. The first-order valence-corrected chi connectivity index (χ1v) is 7.26. The summed E-state index contributed by atoms with van der Waals surface area (Å²) in [5.74, 6) is -1.45. The molecular formula is C18H19FN2O2. The number of nitrogens with zero attached hydrogens (tertiary/aromatic N) is 1. The van der Waals surface area contributed by atoms with E-state index in [2.05, 4.69) is 5.32 Å². The topological polar surface area (TPSA) is 49.4 Å². The monoisotopic (exact) mass is 314 g/mol. The Hall–Kier alpha value is -2.69. The van der Waals surface area contributed by atoms with E-state index in [0.717, 1.165) is 16.8 Å². The average Bonchev–Trinajstić information content (AvgIpc) is 2.51. The van der Waals surface area contributed by atoms with Crippen molar-refractivity contribution in [2.24, 2.45) is 0 Å². The third-order valence-electron chi connectivity index (χ3n) is 3.58. The lowest BCUT2D eigenvalue weighted by Gasteiger charge is -2.18. The molecule has 0 saturated carbocycles. The molecule has 120 valence electrons. The van der Waals surface area contributed by atoms with Crippen LogP contribution in [0.15, 0.2) is 42.5 Å². The van der Waals surface area contributed by atoms with Gasteiger partial charge in [-0.3, -0.25) is 9.59 Å². The molecule has 5 heteroatoms. The Kier molecular flexibility index (Phi) is 5.11. The standard InChI is InChI=1S/C18H19FN2O2/c1-12-7-6-8-13(2)17(12)20-16(22)11-21(3)18(23)14-9-4-5-10-15(14)19/h4-10H,11H2,1-3H3,(H,20,22). The molecule has 2 aromatic carbocycles. The molecule has 0 aliphatic carbocycles. The minimum atomic E-state index is -0.598. The highest BCUT2D eigenvalue weighted by molar-refractivity contribution is 5.99. The van der Waals surface area contributed by atoms with Gasteiger partial charge in [-0.15, -0.1) is 0 Å². The van der Waals surface area contributed by atoms with Crippen molar-refractivity contribution in [2.45, 2.75) is 13.8 Å². The second-order valence-electron chi connectivity index (χ2n) is 5.46. The Bertz CT molecular complexity index is 723. The fraction of sp³-hybridized carbons (Fsp3) is 0.222. The number of benzene rings is 2. The van der Waals surface area contributed by atoms with Crippen molar-refractivity contribution < 1.29 is 14.0 Å². The molecule has 0 bridgehead atoms. The maximum Gasteiger partial charge on any atom is 0.257 e. The van der Waals surface area contributed by atoms with E-state index < -0.39 is 11.7 Å². The molecule has 2 rings (SSSR count). The number of carbonyl (C=O) groups is 2. The summed E-state index contributed by atoms with van der Waals surface area (Å²) in [5, 5.41) is 2.80. The Labute approximate surface area is 134 Å². The van der Waals surface area contributed by atoms with Crippen LogP contribution in [0.25, 0.3) is 0 Å². The number of carbonyl (C=O) groups excluding carboxylic acids is 2. The fourth-order valence-electron chi connectivity index (χ4n) is 2.32. The van der Waals surface area contributed by atoms with Crippen LogP contribution in [0.1, 0.15) is 21.5 Å². The maximum absolute atomic E-state index is 13.6. The molecule has 4 nitrogen and oxygen atoms in total. The molecule has 0 aromatic heterocycles. The van der Waals surface area contributed by atoms with E-state index >= 15 is 0 Å². The SMILES string of the molecule is Cc1cccc(C)c1NC(=O)CN(C)C(=O)c1ccccc1F. The minimum absolute atomic E-state index is 0.0464. The highest BCUT2D eigenvalue weighted by atomic mass is 19.1. The van der Waals surface area contributed by atoms with Crippen molar-refractivity contribution in [1.82, 2.24) is 4.90 Å². The van der Waals surface area contributed by atoms with Gasteiger partial charge in [-0.1, -0.05) is 30.3 Å². The predicted molar refractivity (Wildman–Crippen MR) is 87.9 cm³/mol. The van der Waals surface area contributed by atoms with Crippen molar-refractivity contribution >= 4 is 17.5 Å². The van der Waals surface area contributed by atoms with Crippen molar-refractivity contribution in [1.29, 1.82) is 0 Å². The van der Waals surface area contributed by atoms with Crippen molar-refractivity contribution in [3.8, 4) is 0 Å². The molecule has 0 fully saturated rings. The fourth-order valence-corrected chi connectivity index (χ4v) is 2.32. The van der Waals surface area contributed by atoms with Gasteiger partial charge in [-0.05, 0) is 37.1 Å². The molecule has 2 aromatic rings. The van der Waals surface area contributed by atoms with Crippen LogP contribution in [0.5, 0.6) is 0 Å². The van der Waals surface area contributed by atoms with Gasteiger partial charge in [0.05, 0.1) is 12.1 Å². The van der Waals surface area contributed by atoms with Gasteiger partial charge in [0.15, 0.2) is 0 Å². The summed E-state index contributed by atoms with van der Waals surface area (Å²) in [5.41, 5.74) is 2.59. The number of halogens is 1. The first-order valence-electron chi connectivity index (χ1n) is 7.26. The molecule has 0 heterocycles. The zero-order valence-corrected chi connectivity index (χ0v) is 13.4. The van der Waals surface area contributed by atoms with Gasteiger partial charge >= 0.3 is 0 Å². The molecule has 1 N–H and O–H groups in total. The van der Waals surface area contributed by atoms with E-state index in [4.69, 9.17) is 0 Å². The van der Waals surface area contributed by atoms with Gasteiger partial charge in [0.1, 0.15) is 5.82 Å². The number of amides is 2. The summed E-state index contributed by atoms with van der Waals surface area (Å²) in [4.78, 5) is 25.5. The first-order chi connectivity index (χ1) is 10.9. The quantitative estimate of drug-likeness (QED) is 0.942. The van der Waals surface area contributed by atoms with Gasteiger partial charge in [-0.2, -0.15) is 0 Å². The van der Waals surface area contributed by atoms with Crippen LogP contribution in [0.2, 0.25) is 0 Å². The lowest BCUT2D eigenvalue weighted by molar-refractivity contribution is -0.116. The van der Waals surface area contributed by atoms with Crippen molar-refractivity contribution in [2.75, 3.05) is 18.9 Å². The largest absolute Gasteiger partial charge is 0.332 e. The summed E-state index contributed by atoms with van der Waals surface area (Å²) in [6.45, 7) is 3.65. The number of hydrogen-bond acceptors (Lipinski definition) is 2. The Morgan fingerprint density at radius 3 is 2.26 bits per heavy atom. The van der Waals surface area contributed by atoms with Crippen LogP contribution < -0.4 is 5.32 Å². The Morgan fingerprint density at radius 1 is 1.04 bits per heavy atom. The summed E-state index contributed by atoms with van der Waals surface area (Å²) in [7, 11) is 1.47. The minimum Gasteiger partial charge on any atom is -0.332 e. The Balaban J connectivity index is 2.05. The van der Waals surface area contributed by atoms with E-state index in [1.807, 2.05) is 32.0 Å². The van der Waals surface area contributed by atoms with E-state index in [-0.39, 0.29) is 18.0 Å². The molecule has 0 unspecified atom stereocenters. The molecule has 23 heavy (non-hydrogen) atoms. The smallest absolute Gasteiger partial charge is 0.257 e. The first kappa shape index (κ1) is 16.7. The molecule has 0 aliphatic heterocycles. The van der Waals surface area contributed by atoms with Gasteiger partial charge in [0.25, 0.3) is 5.91 Å². The number of para-hydroxylation sites is 1. The number of rotatable bonds is 4. The third kappa shape index (κ3) is 3.94. The van der Waals surface area contributed by atoms with E-state index in [1.165, 1.54) is 30.1 Å². The Morgan fingerprint density at radius 2 is 1.65 bits per heavy atom. The van der Waals surface area contributed by atoms with Crippen LogP contribution in [0.3, 0.4) is 0 Å². The van der Waals surface area contributed by atoms with Crippen LogP contribution in [-0.4, -0.2) is 30.3 Å². The van der Waals surface area contributed by atoms with Crippen LogP contribution in [0, 0.1) is 19.7 Å². The number of likely N-dealkylation sites (N-methyl/N-ethyl adjacent to an activating group) is 1. The highest BCUT2D eigenvalue weighted by Gasteiger charge is 2.18. The lowest BCUT2D eigenvalue weighted by atomic mass is 10.1. The van der Waals surface area contributed by atoms with Crippen LogP contribution in [-0.2, 0) is 4.79 Å². The second kappa shape index (κ2) is 7.05. The predicted octanol–water partition coefficient (Wildman–Crippen LogP) is 3.15. The number of nitrogens with one attached hydrogen (secondary N) is 1. The summed E-state index contributed by atoms with van der Waals surface area (Å²) in [6.07, 6.45) is 0. The molecular weight excluding hydrogens is 295 g/mol. The molecule has 0 spiro atoms. The van der Waals surface area contributed by atoms with Crippen molar-refractivity contribution in [3.63, 3.8) is 0 Å². The summed E-state index contributed by atoms with van der Waals surface area (Å²) >= 11 is 0. The van der Waals surface area contributed by atoms with E-state index in [9.17, 15) is 14.0 Å². The van der Waals surface area contributed by atoms with Gasteiger partial charge in [-0.25, -0.2) is 4.39 Å². The molecule has 0 atom stereocenters. The van der Waals surface area contributed by atoms with E-state index in [1.54, 1.807) is 6.07 Å². The number of aryl methyl sites for hydroxylation is 2. The maximum atomic E-state index is 13.6. The second-order valence-corrected chi connectivity index (χ2v) is 5.46. The zero-order chi connectivity index (χ0) is 17.0. The molecule has 2 amide bonds. The van der Waals surface area contributed by atoms with E-state index in [0.29, 0.717) is 0 Å². The van der Waals surface area contributed by atoms with Gasteiger partial charge in [0, 0.05) is 12.7 Å².